The first-order chi connectivity index (χ1) is 4.75. The van der Waals surface area contributed by atoms with Crippen molar-refractivity contribution < 1.29 is 13.9 Å². The third kappa shape index (κ3) is 2.31. The maximum atomic E-state index is 12.7. The molecule has 0 radical (unpaired) electrons. The molecule has 1 rings (SSSR count). The van der Waals surface area contributed by atoms with Crippen LogP contribution in [-0.2, 0) is 9.53 Å². The lowest BCUT2D eigenvalue weighted by Gasteiger charge is -2.08. The van der Waals surface area contributed by atoms with E-state index >= 15 is 0 Å². The van der Waals surface area contributed by atoms with Crippen LogP contribution in [0.2, 0.25) is 0 Å². The van der Waals surface area contributed by atoms with Crippen molar-refractivity contribution in [3.8, 4) is 0 Å². The number of carbonyl (C=O) groups is 1. The van der Waals surface area contributed by atoms with Gasteiger partial charge < -0.3 is 10.1 Å². The lowest BCUT2D eigenvalue weighted by molar-refractivity contribution is -0.143. The second kappa shape index (κ2) is 4.51. The Bertz CT molecular complexity index is 145. The highest BCUT2D eigenvalue weighted by Crippen LogP contribution is 2.11. The van der Waals surface area contributed by atoms with E-state index < -0.39 is 18.2 Å². The minimum Gasteiger partial charge on any atom is -0.468 e. The van der Waals surface area contributed by atoms with Gasteiger partial charge >= 0.3 is 5.97 Å². The molecule has 0 bridgehead atoms. The second-order valence-corrected chi connectivity index (χ2v) is 2.26. The summed E-state index contributed by atoms with van der Waals surface area (Å²) in [4.78, 5) is 10.7. The van der Waals surface area contributed by atoms with Crippen molar-refractivity contribution in [2.75, 3.05) is 13.7 Å². The quantitative estimate of drug-likeness (QED) is 0.594. The number of methoxy groups -OCH3 is 1. The van der Waals surface area contributed by atoms with E-state index in [2.05, 4.69) is 10.1 Å². The number of rotatable bonds is 1. The molecule has 0 saturated carbocycles. The van der Waals surface area contributed by atoms with E-state index in [1.165, 1.54) is 7.11 Å². The van der Waals surface area contributed by atoms with E-state index in [0.717, 1.165) is 0 Å². The zero-order valence-electron chi connectivity index (χ0n) is 6.17. The summed E-state index contributed by atoms with van der Waals surface area (Å²) >= 11 is 0. The fourth-order valence-corrected chi connectivity index (χ4v) is 1.03. The minimum absolute atomic E-state index is 0. The van der Waals surface area contributed by atoms with Crippen LogP contribution in [0.5, 0.6) is 0 Å². The van der Waals surface area contributed by atoms with Crippen LogP contribution in [0.1, 0.15) is 6.42 Å². The van der Waals surface area contributed by atoms with Crippen molar-refractivity contribution >= 4 is 18.4 Å². The minimum atomic E-state index is -1.08. The van der Waals surface area contributed by atoms with Crippen molar-refractivity contribution in [3.63, 3.8) is 0 Å². The maximum absolute atomic E-state index is 12.7. The molecule has 0 unspecified atom stereocenters. The van der Waals surface area contributed by atoms with Crippen molar-refractivity contribution in [1.29, 1.82) is 0 Å². The number of hydrogen-bond donors (Lipinski definition) is 1. The first-order valence-electron chi connectivity index (χ1n) is 3.21. The molecule has 1 fully saturated rings. The molecular formula is C6H11ClFNO2. The van der Waals surface area contributed by atoms with Crippen molar-refractivity contribution in [3.05, 3.63) is 0 Å². The average Bonchev–Trinajstić information content (AvgIpc) is 2.34. The van der Waals surface area contributed by atoms with E-state index in [1.54, 1.807) is 0 Å². The van der Waals surface area contributed by atoms with Crippen molar-refractivity contribution in [1.82, 2.24) is 5.32 Å². The van der Waals surface area contributed by atoms with Gasteiger partial charge in [-0.2, -0.15) is 0 Å². The van der Waals surface area contributed by atoms with Gasteiger partial charge in [-0.15, -0.1) is 12.4 Å². The normalized spacial score (nSPS) is 29.3. The highest BCUT2D eigenvalue weighted by atomic mass is 35.5. The van der Waals surface area contributed by atoms with Gasteiger partial charge in [0.1, 0.15) is 12.2 Å². The SMILES string of the molecule is COC(=O)[C@H]1NCC[C@@H]1F.Cl. The molecule has 1 aliphatic rings. The number of nitrogens with one attached hydrogen (secondary N) is 1. The molecule has 3 nitrogen and oxygen atoms in total. The molecule has 1 N–H and O–H groups in total. The van der Waals surface area contributed by atoms with Crippen LogP contribution in [0.25, 0.3) is 0 Å². The molecule has 0 aliphatic carbocycles. The molecule has 5 heteroatoms. The van der Waals surface area contributed by atoms with E-state index in [4.69, 9.17) is 0 Å². The Morgan fingerprint density at radius 1 is 1.73 bits per heavy atom. The summed E-state index contributed by atoms with van der Waals surface area (Å²) in [6.07, 6.45) is -0.674. The van der Waals surface area contributed by atoms with E-state index in [1.807, 2.05) is 0 Å². The lowest BCUT2D eigenvalue weighted by atomic mass is 10.2. The smallest absolute Gasteiger partial charge is 0.325 e. The highest BCUT2D eigenvalue weighted by molar-refractivity contribution is 5.85. The topological polar surface area (TPSA) is 38.3 Å². The molecule has 1 saturated heterocycles. The molecule has 0 spiro atoms. The van der Waals surface area contributed by atoms with Crippen LogP contribution >= 0.6 is 12.4 Å². The molecule has 66 valence electrons. The molecule has 0 aromatic rings. The van der Waals surface area contributed by atoms with Gasteiger partial charge in [-0.1, -0.05) is 0 Å². The standard InChI is InChI=1S/C6H10FNO2.ClH/c1-10-6(9)5-4(7)2-3-8-5;/h4-5,8H,2-3H2,1H3;1H/t4-,5-;/m0./s1. The van der Waals surface area contributed by atoms with Gasteiger partial charge in [0, 0.05) is 0 Å². The molecule has 0 amide bonds. The Morgan fingerprint density at radius 3 is 2.73 bits per heavy atom. The van der Waals surface area contributed by atoms with Crippen LogP contribution in [0.15, 0.2) is 0 Å². The summed E-state index contributed by atoms with van der Waals surface area (Å²) in [5.41, 5.74) is 0. The number of ether oxygens (including phenoxy) is 1. The number of hydrogen-bond acceptors (Lipinski definition) is 3. The predicted molar refractivity (Wildman–Crippen MR) is 40.6 cm³/mol. The fourth-order valence-electron chi connectivity index (χ4n) is 1.03. The predicted octanol–water partition coefficient (Wildman–Crippen LogP) is 0.281. The van der Waals surface area contributed by atoms with Crippen LogP contribution in [0.3, 0.4) is 0 Å². The maximum Gasteiger partial charge on any atom is 0.325 e. The first-order valence-corrected chi connectivity index (χ1v) is 3.21. The molecule has 1 aliphatic heterocycles. The Morgan fingerprint density at radius 2 is 2.36 bits per heavy atom. The Labute approximate surface area is 70.7 Å². The van der Waals surface area contributed by atoms with Gasteiger partial charge in [-0.25, -0.2) is 4.39 Å². The van der Waals surface area contributed by atoms with Crippen LogP contribution in [0.4, 0.5) is 4.39 Å². The molecular weight excluding hydrogens is 173 g/mol. The number of carbonyl (C=O) groups excluding carboxylic acids is 1. The number of esters is 1. The Hall–Kier alpha value is -0.350. The highest BCUT2D eigenvalue weighted by Gasteiger charge is 2.33. The lowest BCUT2D eigenvalue weighted by Crippen LogP contribution is -2.37. The van der Waals surface area contributed by atoms with Crippen LogP contribution in [0, 0.1) is 0 Å². The van der Waals surface area contributed by atoms with E-state index in [9.17, 15) is 9.18 Å². The van der Waals surface area contributed by atoms with E-state index in [0.29, 0.717) is 13.0 Å². The summed E-state index contributed by atoms with van der Waals surface area (Å²) in [7, 11) is 1.26. The molecule has 11 heavy (non-hydrogen) atoms. The second-order valence-electron chi connectivity index (χ2n) is 2.26. The number of halogens is 2. The third-order valence-electron chi connectivity index (χ3n) is 1.60. The Kier molecular flexibility index (Phi) is 4.37. The molecule has 2 atom stereocenters. The zero-order chi connectivity index (χ0) is 7.56. The molecule has 1 heterocycles. The van der Waals surface area contributed by atoms with Gasteiger partial charge in [0.05, 0.1) is 7.11 Å². The molecule has 0 aromatic carbocycles. The van der Waals surface area contributed by atoms with Crippen molar-refractivity contribution in [2.45, 2.75) is 18.6 Å². The van der Waals surface area contributed by atoms with E-state index in [-0.39, 0.29) is 12.4 Å². The van der Waals surface area contributed by atoms with Gasteiger partial charge in [0.25, 0.3) is 0 Å². The van der Waals surface area contributed by atoms with Crippen LogP contribution < -0.4 is 5.32 Å². The summed E-state index contributed by atoms with van der Waals surface area (Å²) in [6.45, 7) is 0.556. The van der Waals surface area contributed by atoms with Crippen LogP contribution in [-0.4, -0.2) is 31.8 Å². The summed E-state index contributed by atoms with van der Waals surface area (Å²) in [6, 6.07) is -0.731. The largest absolute Gasteiger partial charge is 0.468 e. The van der Waals surface area contributed by atoms with Gasteiger partial charge in [0.15, 0.2) is 0 Å². The zero-order valence-corrected chi connectivity index (χ0v) is 6.99. The van der Waals surface area contributed by atoms with Gasteiger partial charge in [0.2, 0.25) is 0 Å². The molecule has 0 aromatic heterocycles. The summed E-state index contributed by atoms with van der Waals surface area (Å²) in [5, 5.41) is 2.71. The Balaban J connectivity index is 0.000001000. The van der Waals surface area contributed by atoms with Crippen molar-refractivity contribution in [2.24, 2.45) is 0 Å². The first kappa shape index (κ1) is 10.7. The number of alkyl halides is 1. The van der Waals surface area contributed by atoms with Gasteiger partial charge in [-0.05, 0) is 13.0 Å². The fraction of sp³-hybridized carbons (Fsp3) is 0.833. The average molecular weight is 184 g/mol. The van der Waals surface area contributed by atoms with Gasteiger partial charge in [-0.3, -0.25) is 4.79 Å². The summed E-state index contributed by atoms with van der Waals surface area (Å²) in [5.74, 6) is -0.509. The third-order valence-corrected chi connectivity index (χ3v) is 1.60. The monoisotopic (exact) mass is 183 g/mol. The summed E-state index contributed by atoms with van der Waals surface area (Å²) < 4.78 is 17.0.